The normalized spacial score (nSPS) is 27.1. The van der Waals surface area contributed by atoms with Gasteiger partial charge in [0, 0.05) is 18.9 Å². The SMILES string of the molecule is NCC(=O)NC1CCC(F)(F)C1. The zero-order chi connectivity index (χ0) is 9.19. The van der Waals surface area contributed by atoms with E-state index in [-0.39, 0.29) is 25.3 Å². The van der Waals surface area contributed by atoms with E-state index in [0.717, 1.165) is 0 Å². The van der Waals surface area contributed by atoms with Crippen LogP contribution in [-0.2, 0) is 4.79 Å². The Balaban J connectivity index is 2.33. The van der Waals surface area contributed by atoms with Gasteiger partial charge in [-0.15, -0.1) is 0 Å². The zero-order valence-electron chi connectivity index (χ0n) is 6.65. The molecule has 5 heteroatoms. The van der Waals surface area contributed by atoms with E-state index in [1.54, 1.807) is 0 Å². The van der Waals surface area contributed by atoms with Crippen molar-refractivity contribution in [1.29, 1.82) is 0 Å². The number of nitrogens with one attached hydrogen (secondary N) is 1. The van der Waals surface area contributed by atoms with E-state index >= 15 is 0 Å². The van der Waals surface area contributed by atoms with E-state index in [0.29, 0.717) is 6.42 Å². The van der Waals surface area contributed by atoms with Crippen LogP contribution in [0.2, 0.25) is 0 Å². The van der Waals surface area contributed by atoms with Crippen LogP contribution in [0.5, 0.6) is 0 Å². The van der Waals surface area contributed by atoms with Crippen LogP contribution >= 0.6 is 0 Å². The van der Waals surface area contributed by atoms with Crippen molar-refractivity contribution >= 4 is 5.91 Å². The van der Waals surface area contributed by atoms with Gasteiger partial charge >= 0.3 is 0 Å². The smallest absolute Gasteiger partial charge is 0.250 e. The van der Waals surface area contributed by atoms with E-state index in [1.165, 1.54) is 0 Å². The van der Waals surface area contributed by atoms with Crippen molar-refractivity contribution in [3.63, 3.8) is 0 Å². The quantitative estimate of drug-likeness (QED) is 0.636. The third-order valence-electron chi connectivity index (χ3n) is 1.95. The number of carbonyl (C=O) groups is 1. The predicted octanol–water partition coefficient (Wildman–Crippen LogP) is 0.249. The van der Waals surface area contributed by atoms with E-state index in [9.17, 15) is 13.6 Å². The average Bonchev–Trinajstić information content (AvgIpc) is 2.30. The fourth-order valence-electron chi connectivity index (χ4n) is 1.36. The van der Waals surface area contributed by atoms with Gasteiger partial charge in [0.15, 0.2) is 0 Å². The summed E-state index contributed by atoms with van der Waals surface area (Å²) in [7, 11) is 0. The Hall–Kier alpha value is -0.710. The monoisotopic (exact) mass is 178 g/mol. The molecule has 1 unspecified atom stereocenters. The molecular weight excluding hydrogens is 166 g/mol. The molecule has 1 saturated carbocycles. The van der Waals surface area contributed by atoms with Gasteiger partial charge in [-0.3, -0.25) is 4.79 Å². The van der Waals surface area contributed by atoms with Crippen molar-refractivity contribution in [2.45, 2.75) is 31.2 Å². The van der Waals surface area contributed by atoms with Crippen LogP contribution in [-0.4, -0.2) is 24.4 Å². The van der Waals surface area contributed by atoms with E-state index in [4.69, 9.17) is 5.73 Å². The lowest BCUT2D eigenvalue weighted by atomic mass is 10.2. The first-order valence-electron chi connectivity index (χ1n) is 3.91. The maximum atomic E-state index is 12.6. The Morgan fingerprint density at radius 2 is 2.33 bits per heavy atom. The number of alkyl halides is 2. The van der Waals surface area contributed by atoms with Crippen molar-refractivity contribution in [3.05, 3.63) is 0 Å². The van der Waals surface area contributed by atoms with Gasteiger partial charge in [0.05, 0.1) is 6.54 Å². The molecule has 1 amide bonds. The molecule has 0 bridgehead atoms. The molecule has 3 nitrogen and oxygen atoms in total. The number of rotatable bonds is 2. The molecule has 1 rings (SSSR count). The van der Waals surface area contributed by atoms with Crippen LogP contribution in [0.4, 0.5) is 8.78 Å². The minimum atomic E-state index is -2.60. The summed E-state index contributed by atoms with van der Waals surface area (Å²) >= 11 is 0. The highest BCUT2D eigenvalue weighted by Gasteiger charge is 2.39. The first kappa shape index (κ1) is 9.38. The molecule has 0 aromatic carbocycles. The molecule has 0 aliphatic heterocycles. The molecule has 1 aliphatic rings. The zero-order valence-corrected chi connectivity index (χ0v) is 6.65. The van der Waals surface area contributed by atoms with Crippen LogP contribution in [0.3, 0.4) is 0 Å². The van der Waals surface area contributed by atoms with Crippen LogP contribution in [0, 0.1) is 0 Å². The summed E-state index contributed by atoms with van der Waals surface area (Å²) in [6, 6.07) is -0.393. The standard InChI is InChI=1S/C7H12F2N2O/c8-7(9)2-1-5(3-7)11-6(12)4-10/h5H,1-4,10H2,(H,11,12). The maximum absolute atomic E-state index is 12.6. The number of carbonyl (C=O) groups excluding carboxylic acids is 1. The van der Waals surface area contributed by atoms with Crippen molar-refractivity contribution < 1.29 is 13.6 Å². The average molecular weight is 178 g/mol. The van der Waals surface area contributed by atoms with Gasteiger partial charge in [0.25, 0.3) is 0 Å². The minimum Gasteiger partial charge on any atom is -0.352 e. The number of nitrogens with two attached hydrogens (primary N) is 1. The third-order valence-corrected chi connectivity index (χ3v) is 1.95. The lowest BCUT2D eigenvalue weighted by Gasteiger charge is -2.11. The summed E-state index contributed by atoms with van der Waals surface area (Å²) < 4.78 is 25.1. The summed E-state index contributed by atoms with van der Waals surface area (Å²) in [6.07, 6.45) is -0.0417. The second-order valence-electron chi connectivity index (χ2n) is 3.07. The molecule has 70 valence electrons. The fraction of sp³-hybridized carbons (Fsp3) is 0.857. The summed E-state index contributed by atoms with van der Waals surface area (Å²) in [4.78, 5) is 10.7. The third kappa shape index (κ3) is 2.41. The number of amides is 1. The van der Waals surface area contributed by atoms with Gasteiger partial charge in [0.1, 0.15) is 0 Å². The summed E-state index contributed by atoms with van der Waals surface area (Å²) in [5.41, 5.74) is 5.02. The summed E-state index contributed by atoms with van der Waals surface area (Å²) in [6.45, 7) is -0.137. The first-order valence-corrected chi connectivity index (χ1v) is 3.91. The Bertz CT molecular complexity index is 184. The van der Waals surface area contributed by atoms with Gasteiger partial charge < -0.3 is 11.1 Å². The van der Waals surface area contributed by atoms with Crippen LogP contribution in [0.1, 0.15) is 19.3 Å². The van der Waals surface area contributed by atoms with E-state index in [2.05, 4.69) is 5.32 Å². The van der Waals surface area contributed by atoms with Crippen molar-refractivity contribution in [1.82, 2.24) is 5.32 Å². The van der Waals surface area contributed by atoms with Gasteiger partial charge in [-0.2, -0.15) is 0 Å². The number of halogens is 2. The van der Waals surface area contributed by atoms with Gasteiger partial charge in [0.2, 0.25) is 11.8 Å². The molecule has 0 radical (unpaired) electrons. The summed E-state index contributed by atoms with van der Waals surface area (Å²) in [5, 5.41) is 2.44. The highest BCUT2D eigenvalue weighted by atomic mass is 19.3. The van der Waals surface area contributed by atoms with Gasteiger partial charge in [-0.05, 0) is 6.42 Å². The molecule has 0 aromatic rings. The molecule has 3 N–H and O–H groups in total. The topological polar surface area (TPSA) is 55.1 Å². The Morgan fingerprint density at radius 3 is 2.75 bits per heavy atom. The summed E-state index contributed by atoms with van der Waals surface area (Å²) in [5.74, 6) is -2.97. The molecule has 0 saturated heterocycles. The van der Waals surface area contributed by atoms with E-state index < -0.39 is 12.0 Å². The molecular formula is C7H12F2N2O. The highest BCUT2D eigenvalue weighted by Crippen LogP contribution is 2.34. The second-order valence-corrected chi connectivity index (χ2v) is 3.07. The number of hydrogen-bond acceptors (Lipinski definition) is 2. The molecule has 1 fully saturated rings. The molecule has 1 atom stereocenters. The van der Waals surface area contributed by atoms with Crippen LogP contribution in [0.15, 0.2) is 0 Å². The first-order chi connectivity index (χ1) is 5.53. The number of hydrogen-bond donors (Lipinski definition) is 2. The van der Waals surface area contributed by atoms with Crippen LogP contribution in [0.25, 0.3) is 0 Å². The van der Waals surface area contributed by atoms with E-state index in [1.807, 2.05) is 0 Å². The molecule has 0 aromatic heterocycles. The largest absolute Gasteiger partial charge is 0.352 e. The van der Waals surface area contributed by atoms with Gasteiger partial charge in [-0.25, -0.2) is 8.78 Å². The molecule has 0 heterocycles. The minimum absolute atomic E-state index is 0.136. The lowest BCUT2D eigenvalue weighted by molar-refractivity contribution is -0.120. The predicted molar refractivity (Wildman–Crippen MR) is 39.8 cm³/mol. The second kappa shape index (κ2) is 3.35. The Morgan fingerprint density at radius 1 is 1.67 bits per heavy atom. The molecule has 0 spiro atoms. The highest BCUT2D eigenvalue weighted by molar-refractivity contribution is 5.78. The Labute approximate surface area is 69.3 Å². The molecule has 1 aliphatic carbocycles. The van der Waals surface area contributed by atoms with Crippen molar-refractivity contribution in [3.8, 4) is 0 Å². The van der Waals surface area contributed by atoms with Crippen molar-refractivity contribution in [2.24, 2.45) is 5.73 Å². The Kier molecular flexibility index (Phi) is 2.62. The van der Waals surface area contributed by atoms with Crippen LogP contribution < -0.4 is 11.1 Å². The maximum Gasteiger partial charge on any atom is 0.250 e. The lowest BCUT2D eigenvalue weighted by Crippen LogP contribution is -2.37. The van der Waals surface area contributed by atoms with Gasteiger partial charge in [-0.1, -0.05) is 0 Å². The fourth-order valence-corrected chi connectivity index (χ4v) is 1.36. The molecule has 12 heavy (non-hydrogen) atoms. The van der Waals surface area contributed by atoms with Crippen molar-refractivity contribution in [2.75, 3.05) is 6.54 Å².